The number of hydrogen-bond donors (Lipinski definition) is 2. The Bertz CT molecular complexity index is 1130. The molecule has 130 valence electrons. The Morgan fingerprint density at radius 1 is 1.08 bits per heavy atom. The van der Waals surface area contributed by atoms with Crippen LogP contribution in [0.3, 0.4) is 0 Å². The maximum Gasteiger partial charge on any atom is 0.332 e. The molecule has 0 aliphatic rings. The SMILES string of the molecule is COc1cc(-n2c(=O)[nH]c3ncnc(N)c32)ccc1Oc1ccccc1. The van der Waals surface area contributed by atoms with Gasteiger partial charge in [-0.3, -0.25) is 9.55 Å². The highest BCUT2D eigenvalue weighted by Crippen LogP contribution is 2.33. The number of ether oxygens (including phenoxy) is 2. The minimum Gasteiger partial charge on any atom is -0.493 e. The molecule has 26 heavy (non-hydrogen) atoms. The molecule has 3 N–H and O–H groups in total. The molecular weight excluding hydrogens is 334 g/mol. The van der Waals surface area contributed by atoms with Gasteiger partial charge >= 0.3 is 5.69 Å². The lowest BCUT2D eigenvalue weighted by molar-refractivity contribution is 0.378. The average molecular weight is 349 g/mol. The second-order valence-corrected chi connectivity index (χ2v) is 5.47. The quantitative estimate of drug-likeness (QED) is 0.586. The summed E-state index contributed by atoms with van der Waals surface area (Å²) in [6.45, 7) is 0. The zero-order valence-corrected chi connectivity index (χ0v) is 13.8. The molecule has 0 atom stereocenters. The highest BCUT2D eigenvalue weighted by atomic mass is 16.5. The summed E-state index contributed by atoms with van der Waals surface area (Å²) in [5, 5.41) is 0. The first-order chi connectivity index (χ1) is 12.7. The number of hydrogen-bond acceptors (Lipinski definition) is 6. The third kappa shape index (κ3) is 2.63. The Morgan fingerprint density at radius 3 is 2.65 bits per heavy atom. The number of nitrogens with one attached hydrogen (secondary N) is 1. The van der Waals surface area contributed by atoms with Crippen LogP contribution in [0.25, 0.3) is 16.9 Å². The van der Waals surface area contributed by atoms with Crippen LogP contribution in [0.1, 0.15) is 0 Å². The fraction of sp³-hybridized carbons (Fsp3) is 0.0556. The first-order valence-electron chi connectivity index (χ1n) is 7.80. The lowest BCUT2D eigenvalue weighted by Crippen LogP contribution is -2.15. The number of H-pyrrole nitrogens is 1. The zero-order valence-electron chi connectivity index (χ0n) is 13.8. The first kappa shape index (κ1) is 15.7. The second kappa shape index (κ2) is 6.25. The van der Waals surface area contributed by atoms with Gasteiger partial charge in [-0.2, -0.15) is 0 Å². The summed E-state index contributed by atoms with van der Waals surface area (Å²) >= 11 is 0. The standard InChI is InChI=1S/C18H15N5O3/c1-25-14-9-11(7-8-13(14)26-12-5-3-2-4-6-12)23-15-16(19)20-10-21-17(15)22-18(23)24/h2-10H,1H3,(H3,19,20,21,22,24). The number of para-hydroxylation sites is 1. The van der Waals surface area contributed by atoms with Crippen molar-refractivity contribution in [2.24, 2.45) is 0 Å². The maximum atomic E-state index is 12.4. The summed E-state index contributed by atoms with van der Waals surface area (Å²) in [5.41, 5.74) is 6.89. The number of methoxy groups -OCH3 is 1. The highest BCUT2D eigenvalue weighted by Gasteiger charge is 2.15. The summed E-state index contributed by atoms with van der Waals surface area (Å²) in [6, 6.07) is 14.5. The van der Waals surface area contributed by atoms with Gasteiger partial charge in [-0.05, 0) is 24.3 Å². The number of rotatable bonds is 4. The van der Waals surface area contributed by atoms with Crippen LogP contribution in [0.4, 0.5) is 5.82 Å². The van der Waals surface area contributed by atoms with Gasteiger partial charge in [0.1, 0.15) is 17.6 Å². The molecular formula is C18H15N5O3. The van der Waals surface area contributed by atoms with E-state index in [1.165, 1.54) is 18.0 Å². The van der Waals surface area contributed by atoms with Crippen LogP contribution >= 0.6 is 0 Å². The van der Waals surface area contributed by atoms with Crippen molar-refractivity contribution in [3.63, 3.8) is 0 Å². The van der Waals surface area contributed by atoms with E-state index in [-0.39, 0.29) is 11.5 Å². The number of nitrogens with zero attached hydrogens (tertiary/aromatic N) is 3. The molecule has 8 nitrogen and oxygen atoms in total. The number of benzene rings is 2. The minimum absolute atomic E-state index is 0.205. The third-order valence-corrected chi connectivity index (χ3v) is 3.88. The Hall–Kier alpha value is -3.81. The summed E-state index contributed by atoms with van der Waals surface area (Å²) in [5.74, 6) is 1.89. The molecule has 0 aliphatic heterocycles. The number of fused-ring (bicyclic) bond motifs is 1. The Morgan fingerprint density at radius 2 is 1.88 bits per heavy atom. The third-order valence-electron chi connectivity index (χ3n) is 3.88. The van der Waals surface area contributed by atoms with Gasteiger partial charge in [0.25, 0.3) is 0 Å². The highest BCUT2D eigenvalue weighted by molar-refractivity contribution is 5.83. The van der Waals surface area contributed by atoms with Crippen molar-refractivity contribution < 1.29 is 9.47 Å². The van der Waals surface area contributed by atoms with Crippen molar-refractivity contribution in [3.8, 4) is 22.9 Å². The second-order valence-electron chi connectivity index (χ2n) is 5.47. The molecule has 0 fully saturated rings. The Balaban J connectivity index is 1.82. The van der Waals surface area contributed by atoms with Gasteiger partial charge in [-0.25, -0.2) is 14.8 Å². The van der Waals surface area contributed by atoms with Crippen LogP contribution in [0.5, 0.6) is 17.2 Å². The van der Waals surface area contributed by atoms with Crippen LogP contribution in [0.2, 0.25) is 0 Å². The first-order valence-corrected chi connectivity index (χ1v) is 7.80. The van der Waals surface area contributed by atoms with Crippen LogP contribution in [0.15, 0.2) is 59.7 Å². The molecule has 0 spiro atoms. The number of anilines is 1. The van der Waals surface area contributed by atoms with Crippen molar-refractivity contribution in [1.29, 1.82) is 0 Å². The van der Waals surface area contributed by atoms with Crippen molar-refractivity contribution in [2.75, 3.05) is 12.8 Å². The van der Waals surface area contributed by atoms with Crippen molar-refractivity contribution in [2.45, 2.75) is 0 Å². The van der Waals surface area contributed by atoms with Gasteiger partial charge in [0.15, 0.2) is 23.0 Å². The predicted molar refractivity (Wildman–Crippen MR) is 97.0 cm³/mol. The lowest BCUT2D eigenvalue weighted by Gasteiger charge is -2.12. The van der Waals surface area contributed by atoms with Gasteiger partial charge in [-0.15, -0.1) is 0 Å². The molecule has 4 rings (SSSR count). The molecule has 2 aromatic heterocycles. The van der Waals surface area contributed by atoms with Gasteiger partial charge in [-0.1, -0.05) is 18.2 Å². The van der Waals surface area contributed by atoms with E-state index in [0.717, 1.165) is 0 Å². The van der Waals surface area contributed by atoms with Gasteiger partial charge in [0, 0.05) is 6.07 Å². The molecule has 0 saturated carbocycles. The van der Waals surface area contributed by atoms with E-state index in [1.54, 1.807) is 18.2 Å². The van der Waals surface area contributed by atoms with Crippen LogP contribution in [0, 0.1) is 0 Å². The molecule has 4 aromatic rings. The molecule has 0 saturated heterocycles. The van der Waals surface area contributed by atoms with E-state index in [9.17, 15) is 4.79 Å². The summed E-state index contributed by atoms with van der Waals surface area (Å²) in [6.07, 6.45) is 1.30. The Kier molecular flexibility index (Phi) is 3.77. The summed E-state index contributed by atoms with van der Waals surface area (Å²) in [7, 11) is 1.53. The van der Waals surface area contributed by atoms with E-state index in [0.29, 0.717) is 34.1 Å². The molecule has 0 aliphatic carbocycles. The van der Waals surface area contributed by atoms with Gasteiger partial charge in [0.2, 0.25) is 0 Å². The largest absolute Gasteiger partial charge is 0.493 e. The van der Waals surface area contributed by atoms with E-state index < -0.39 is 0 Å². The lowest BCUT2D eigenvalue weighted by atomic mass is 10.2. The van der Waals surface area contributed by atoms with Crippen LogP contribution in [-0.4, -0.2) is 26.6 Å². The van der Waals surface area contributed by atoms with Crippen LogP contribution in [-0.2, 0) is 0 Å². The van der Waals surface area contributed by atoms with E-state index in [4.69, 9.17) is 15.2 Å². The molecule has 2 aromatic carbocycles. The monoisotopic (exact) mass is 349 g/mol. The Labute approximate surface area is 147 Å². The normalized spacial score (nSPS) is 10.8. The molecule has 0 unspecified atom stereocenters. The predicted octanol–water partition coefficient (Wildman–Crippen LogP) is 2.49. The van der Waals surface area contributed by atoms with Crippen molar-refractivity contribution >= 4 is 17.0 Å². The molecule has 0 bridgehead atoms. The van der Waals surface area contributed by atoms with Crippen LogP contribution < -0.4 is 20.9 Å². The topological polar surface area (TPSA) is 108 Å². The van der Waals surface area contributed by atoms with Gasteiger partial charge < -0.3 is 15.2 Å². The smallest absolute Gasteiger partial charge is 0.332 e. The number of aromatic nitrogens is 4. The number of imidazole rings is 1. The number of aromatic amines is 1. The summed E-state index contributed by atoms with van der Waals surface area (Å²) in [4.78, 5) is 23.0. The summed E-state index contributed by atoms with van der Waals surface area (Å²) < 4.78 is 12.7. The molecule has 0 amide bonds. The number of nitrogens with two attached hydrogens (primary N) is 1. The van der Waals surface area contributed by atoms with E-state index in [2.05, 4.69) is 15.0 Å². The maximum absolute atomic E-state index is 12.4. The molecule has 0 radical (unpaired) electrons. The minimum atomic E-state index is -0.369. The van der Waals surface area contributed by atoms with Crippen molar-refractivity contribution in [1.82, 2.24) is 19.5 Å². The zero-order chi connectivity index (χ0) is 18.1. The molecule has 2 heterocycles. The fourth-order valence-corrected chi connectivity index (χ4v) is 2.70. The van der Waals surface area contributed by atoms with E-state index >= 15 is 0 Å². The van der Waals surface area contributed by atoms with E-state index in [1.807, 2.05) is 30.3 Å². The average Bonchev–Trinajstić information content (AvgIpc) is 3.00. The van der Waals surface area contributed by atoms with Gasteiger partial charge in [0.05, 0.1) is 12.8 Å². The van der Waals surface area contributed by atoms with Crippen molar-refractivity contribution in [3.05, 3.63) is 65.3 Å². The fourth-order valence-electron chi connectivity index (χ4n) is 2.70. The molecule has 8 heteroatoms. The number of nitrogen functional groups attached to an aromatic ring is 1.